The molecule has 1 unspecified atom stereocenters. The minimum Gasteiger partial charge on any atom is -0.490 e. The Kier molecular flexibility index (Phi) is 9.74. The molecule has 0 aliphatic heterocycles. The largest absolute Gasteiger partial charge is 0.490 e. The maximum Gasteiger partial charge on any atom is 0.200 e. The first kappa shape index (κ1) is 28.5. The van der Waals surface area contributed by atoms with Crippen LogP contribution < -0.4 is 9.47 Å². The van der Waals surface area contributed by atoms with E-state index in [2.05, 4.69) is 6.58 Å². The molecule has 2 saturated carbocycles. The van der Waals surface area contributed by atoms with E-state index >= 15 is 0 Å². The van der Waals surface area contributed by atoms with Gasteiger partial charge in [-0.2, -0.15) is 8.78 Å². The summed E-state index contributed by atoms with van der Waals surface area (Å²) in [6.07, 6.45) is 7.63. The van der Waals surface area contributed by atoms with Gasteiger partial charge in [0.2, 0.25) is 11.6 Å². The standard InChI is InChI=1S/C31H38F4O3/c1-3-4-17-37-26-15-13-24(28(32)30(26)34)22-7-5-20(6-8-22)18-38-27-16-14-25(29(33)31(27)35)23-11-9-21(10-12-23)19(2)36/h3,13-16,19-23,36H,1,4-12,17-18H2,2H3. The smallest absolute Gasteiger partial charge is 0.200 e. The highest BCUT2D eigenvalue weighted by Gasteiger charge is 2.30. The lowest BCUT2D eigenvalue weighted by atomic mass is 9.77. The van der Waals surface area contributed by atoms with E-state index in [1.165, 1.54) is 12.1 Å². The molecule has 2 aromatic carbocycles. The molecule has 2 fully saturated rings. The topological polar surface area (TPSA) is 38.7 Å². The second-order valence-electron chi connectivity index (χ2n) is 10.9. The summed E-state index contributed by atoms with van der Waals surface area (Å²) >= 11 is 0. The van der Waals surface area contributed by atoms with Crippen molar-refractivity contribution in [2.45, 2.75) is 82.7 Å². The van der Waals surface area contributed by atoms with E-state index in [9.17, 15) is 22.7 Å². The zero-order chi connectivity index (χ0) is 27.2. The normalized spacial score (nSPS) is 24.6. The summed E-state index contributed by atoms with van der Waals surface area (Å²) < 4.78 is 69.9. The molecule has 7 heteroatoms. The number of ether oxygens (including phenoxy) is 2. The zero-order valence-electron chi connectivity index (χ0n) is 22.0. The SMILES string of the molecule is C=CCCOc1ccc(C2CCC(COc3ccc(C4CCC(C(C)O)CC4)c(F)c3F)CC2)c(F)c1F. The van der Waals surface area contributed by atoms with E-state index in [4.69, 9.17) is 9.47 Å². The van der Waals surface area contributed by atoms with Gasteiger partial charge in [0.05, 0.1) is 19.3 Å². The van der Waals surface area contributed by atoms with Crippen LogP contribution in [0.1, 0.15) is 87.7 Å². The molecular formula is C31H38F4O3. The van der Waals surface area contributed by atoms with E-state index < -0.39 is 23.3 Å². The van der Waals surface area contributed by atoms with Gasteiger partial charge >= 0.3 is 0 Å². The Labute approximate surface area is 222 Å². The first-order chi connectivity index (χ1) is 18.3. The fourth-order valence-electron chi connectivity index (χ4n) is 5.96. The summed E-state index contributed by atoms with van der Waals surface area (Å²) in [6.45, 7) is 5.84. The number of hydrogen-bond acceptors (Lipinski definition) is 3. The molecule has 38 heavy (non-hydrogen) atoms. The maximum atomic E-state index is 14.9. The highest BCUT2D eigenvalue weighted by molar-refractivity contribution is 5.34. The predicted octanol–water partition coefficient (Wildman–Crippen LogP) is 8.21. The average molecular weight is 535 g/mol. The van der Waals surface area contributed by atoms with Crippen LogP contribution in [0.4, 0.5) is 17.6 Å². The highest BCUT2D eigenvalue weighted by atomic mass is 19.2. The van der Waals surface area contributed by atoms with Crippen LogP contribution in [0.25, 0.3) is 0 Å². The Bertz CT molecular complexity index is 1090. The molecule has 0 saturated heterocycles. The summed E-state index contributed by atoms with van der Waals surface area (Å²) in [5, 5.41) is 9.78. The molecule has 3 nitrogen and oxygen atoms in total. The summed E-state index contributed by atoms with van der Waals surface area (Å²) in [5.74, 6) is -3.64. The van der Waals surface area contributed by atoms with Gasteiger partial charge in [0.15, 0.2) is 23.1 Å². The van der Waals surface area contributed by atoms with Crippen molar-refractivity contribution in [3.05, 3.63) is 71.3 Å². The van der Waals surface area contributed by atoms with E-state index in [0.717, 1.165) is 38.5 Å². The van der Waals surface area contributed by atoms with Gasteiger partial charge in [-0.3, -0.25) is 0 Å². The van der Waals surface area contributed by atoms with Crippen LogP contribution >= 0.6 is 0 Å². The lowest BCUT2D eigenvalue weighted by Gasteiger charge is -2.31. The number of rotatable bonds is 10. The second kappa shape index (κ2) is 13.0. The molecular weight excluding hydrogens is 496 g/mol. The molecule has 2 aliphatic rings. The molecule has 0 radical (unpaired) electrons. The van der Waals surface area contributed by atoms with Gasteiger partial charge in [0, 0.05) is 0 Å². The Hall–Kier alpha value is -2.54. The predicted molar refractivity (Wildman–Crippen MR) is 140 cm³/mol. The molecule has 0 spiro atoms. The Morgan fingerprint density at radius 1 is 0.789 bits per heavy atom. The van der Waals surface area contributed by atoms with Gasteiger partial charge in [-0.15, -0.1) is 6.58 Å². The van der Waals surface area contributed by atoms with Crippen molar-refractivity contribution in [1.82, 2.24) is 0 Å². The van der Waals surface area contributed by atoms with Crippen molar-refractivity contribution in [2.24, 2.45) is 11.8 Å². The van der Waals surface area contributed by atoms with Gasteiger partial charge in [-0.25, -0.2) is 8.78 Å². The first-order valence-corrected chi connectivity index (χ1v) is 13.8. The zero-order valence-corrected chi connectivity index (χ0v) is 22.0. The molecule has 2 aromatic rings. The van der Waals surface area contributed by atoms with Crippen molar-refractivity contribution in [1.29, 1.82) is 0 Å². The fourth-order valence-corrected chi connectivity index (χ4v) is 5.96. The number of aliphatic hydroxyl groups is 1. The molecule has 208 valence electrons. The average Bonchev–Trinajstić information content (AvgIpc) is 2.92. The van der Waals surface area contributed by atoms with Gasteiger partial charge in [0.25, 0.3) is 0 Å². The summed E-state index contributed by atoms with van der Waals surface area (Å²) in [6, 6.07) is 6.21. The van der Waals surface area contributed by atoms with E-state index in [1.54, 1.807) is 25.1 Å². The molecule has 1 atom stereocenters. The molecule has 2 aliphatic carbocycles. The fraction of sp³-hybridized carbons (Fsp3) is 0.548. The van der Waals surface area contributed by atoms with E-state index in [0.29, 0.717) is 30.4 Å². The minimum absolute atomic E-state index is 0.0539. The van der Waals surface area contributed by atoms with Crippen molar-refractivity contribution in [3.63, 3.8) is 0 Å². The number of hydrogen-bond donors (Lipinski definition) is 1. The van der Waals surface area contributed by atoms with Crippen molar-refractivity contribution in [3.8, 4) is 11.5 Å². The maximum absolute atomic E-state index is 14.9. The minimum atomic E-state index is -0.964. The van der Waals surface area contributed by atoms with Crippen LogP contribution in [0, 0.1) is 35.1 Å². The van der Waals surface area contributed by atoms with Gasteiger partial charge in [-0.05, 0) is 112 Å². The molecule has 0 bridgehead atoms. The third-order valence-corrected chi connectivity index (χ3v) is 8.39. The Balaban J connectivity index is 1.29. The summed E-state index contributed by atoms with van der Waals surface area (Å²) in [4.78, 5) is 0. The van der Waals surface area contributed by atoms with Crippen molar-refractivity contribution in [2.75, 3.05) is 13.2 Å². The summed E-state index contributed by atoms with van der Waals surface area (Å²) in [5.41, 5.74) is 0.731. The molecule has 0 amide bonds. The third-order valence-electron chi connectivity index (χ3n) is 8.39. The van der Waals surface area contributed by atoms with E-state index in [1.807, 2.05) is 0 Å². The quantitative estimate of drug-likeness (QED) is 0.190. The van der Waals surface area contributed by atoms with Crippen LogP contribution in [0.2, 0.25) is 0 Å². The Morgan fingerprint density at radius 2 is 1.29 bits per heavy atom. The summed E-state index contributed by atoms with van der Waals surface area (Å²) in [7, 11) is 0. The second-order valence-corrected chi connectivity index (χ2v) is 10.9. The molecule has 0 aromatic heterocycles. The van der Waals surface area contributed by atoms with Crippen LogP contribution in [0.5, 0.6) is 11.5 Å². The number of benzene rings is 2. The molecule has 4 rings (SSSR count). The van der Waals surface area contributed by atoms with Crippen LogP contribution in [0.3, 0.4) is 0 Å². The first-order valence-electron chi connectivity index (χ1n) is 13.8. The molecule has 1 N–H and O–H groups in total. The lowest BCUT2D eigenvalue weighted by molar-refractivity contribution is 0.0963. The van der Waals surface area contributed by atoms with Crippen LogP contribution in [0.15, 0.2) is 36.9 Å². The lowest BCUT2D eigenvalue weighted by Crippen LogP contribution is -2.23. The van der Waals surface area contributed by atoms with Crippen LogP contribution in [-0.2, 0) is 0 Å². The highest BCUT2D eigenvalue weighted by Crippen LogP contribution is 2.41. The van der Waals surface area contributed by atoms with Crippen molar-refractivity contribution >= 4 is 0 Å². The third kappa shape index (κ3) is 6.53. The van der Waals surface area contributed by atoms with Gasteiger partial charge in [0.1, 0.15) is 0 Å². The van der Waals surface area contributed by atoms with Crippen LogP contribution in [-0.4, -0.2) is 24.4 Å². The Morgan fingerprint density at radius 3 is 1.79 bits per heavy atom. The van der Waals surface area contributed by atoms with Gasteiger partial charge < -0.3 is 14.6 Å². The van der Waals surface area contributed by atoms with Gasteiger partial charge in [-0.1, -0.05) is 18.2 Å². The molecule has 0 heterocycles. The van der Waals surface area contributed by atoms with E-state index in [-0.39, 0.29) is 54.5 Å². The number of halogens is 4. The number of aliphatic hydroxyl groups excluding tert-OH is 1. The van der Waals surface area contributed by atoms with Crippen molar-refractivity contribution < 1.29 is 32.1 Å². The monoisotopic (exact) mass is 534 g/mol.